The zero-order valence-corrected chi connectivity index (χ0v) is 10.1. The van der Waals surface area contributed by atoms with E-state index in [1.165, 1.54) is 25.0 Å². The van der Waals surface area contributed by atoms with Gasteiger partial charge in [0, 0.05) is 19.1 Å². The molecule has 0 unspecified atom stereocenters. The molecule has 1 fully saturated rings. The predicted octanol–water partition coefficient (Wildman–Crippen LogP) is 1.96. The van der Waals surface area contributed by atoms with Crippen molar-refractivity contribution in [1.29, 1.82) is 0 Å². The summed E-state index contributed by atoms with van der Waals surface area (Å²) in [6.07, 6.45) is 2.41. The van der Waals surface area contributed by atoms with Gasteiger partial charge in [-0.1, -0.05) is 17.7 Å². The van der Waals surface area contributed by atoms with Crippen molar-refractivity contribution in [2.75, 3.05) is 13.1 Å². The molecule has 0 spiro atoms. The lowest BCUT2D eigenvalue weighted by molar-refractivity contribution is 0.0950. The number of rotatable bonds is 5. The molecule has 1 aliphatic rings. The third-order valence-corrected chi connectivity index (χ3v) is 2.91. The lowest BCUT2D eigenvalue weighted by Crippen LogP contribution is -2.33. The maximum atomic E-state index is 13.5. The van der Waals surface area contributed by atoms with Gasteiger partial charge in [0.15, 0.2) is 5.82 Å². The van der Waals surface area contributed by atoms with Crippen LogP contribution in [-0.2, 0) is 0 Å². The number of amides is 1. The van der Waals surface area contributed by atoms with Crippen LogP contribution in [0, 0.1) is 5.82 Å². The number of hydrogen-bond donors (Lipinski definition) is 2. The highest BCUT2D eigenvalue weighted by Crippen LogP contribution is 2.18. The summed E-state index contributed by atoms with van der Waals surface area (Å²) in [7, 11) is 0. The first kappa shape index (κ1) is 12.3. The Hall–Kier alpha value is -1.13. The van der Waals surface area contributed by atoms with E-state index in [2.05, 4.69) is 10.6 Å². The molecule has 0 atom stereocenters. The Labute approximate surface area is 104 Å². The van der Waals surface area contributed by atoms with Gasteiger partial charge in [-0.05, 0) is 25.0 Å². The minimum Gasteiger partial charge on any atom is -0.351 e. The molecule has 1 aliphatic carbocycles. The summed E-state index contributed by atoms with van der Waals surface area (Å²) in [5.74, 6) is -1.09. The smallest absolute Gasteiger partial charge is 0.254 e. The summed E-state index contributed by atoms with van der Waals surface area (Å²) in [5, 5.41) is 5.87. The molecule has 2 rings (SSSR count). The molecule has 0 heterocycles. The fourth-order valence-electron chi connectivity index (χ4n) is 1.51. The highest BCUT2D eigenvalue weighted by atomic mass is 35.5. The minimum atomic E-state index is -0.665. The largest absolute Gasteiger partial charge is 0.351 e. The molecule has 0 saturated heterocycles. The second-order valence-corrected chi connectivity index (χ2v) is 4.49. The maximum absolute atomic E-state index is 13.5. The SMILES string of the molecule is O=C(NCCNC1CC1)c1cccc(Cl)c1F. The number of nitrogens with one attached hydrogen (secondary N) is 2. The first-order valence-electron chi connectivity index (χ1n) is 5.64. The van der Waals surface area contributed by atoms with Crippen LogP contribution in [0.4, 0.5) is 4.39 Å². The summed E-state index contributed by atoms with van der Waals surface area (Å²) >= 11 is 5.60. The molecular formula is C12H14ClFN2O. The number of carbonyl (C=O) groups excluding carboxylic acids is 1. The zero-order chi connectivity index (χ0) is 12.3. The van der Waals surface area contributed by atoms with Crippen LogP contribution in [-0.4, -0.2) is 25.0 Å². The fraction of sp³-hybridized carbons (Fsp3) is 0.417. The molecular weight excluding hydrogens is 243 g/mol. The fourth-order valence-corrected chi connectivity index (χ4v) is 1.69. The van der Waals surface area contributed by atoms with Crippen molar-refractivity contribution in [3.63, 3.8) is 0 Å². The summed E-state index contributed by atoms with van der Waals surface area (Å²) in [6.45, 7) is 1.19. The van der Waals surface area contributed by atoms with Gasteiger partial charge < -0.3 is 10.6 Å². The van der Waals surface area contributed by atoms with Crippen molar-refractivity contribution < 1.29 is 9.18 Å². The monoisotopic (exact) mass is 256 g/mol. The van der Waals surface area contributed by atoms with Gasteiger partial charge in [0.05, 0.1) is 10.6 Å². The van der Waals surface area contributed by atoms with Crippen LogP contribution in [0.3, 0.4) is 0 Å². The Balaban J connectivity index is 1.83. The highest BCUT2D eigenvalue weighted by Gasteiger charge is 2.20. The summed E-state index contributed by atoms with van der Waals surface area (Å²) in [5.41, 5.74) is -0.0103. The van der Waals surface area contributed by atoms with Gasteiger partial charge in [-0.25, -0.2) is 4.39 Å². The van der Waals surface area contributed by atoms with E-state index in [9.17, 15) is 9.18 Å². The molecule has 17 heavy (non-hydrogen) atoms. The number of benzene rings is 1. The van der Waals surface area contributed by atoms with E-state index < -0.39 is 11.7 Å². The first-order chi connectivity index (χ1) is 8.18. The lowest BCUT2D eigenvalue weighted by atomic mass is 10.2. The van der Waals surface area contributed by atoms with Crippen LogP contribution in [0.2, 0.25) is 5.02 Å². The van der Waals surface area contributed by atoms with Crippen LogP contribution in [0.15, 0.2) is 18.2 Å². The van der Waals surface area contributed by atoms with Gasteiger partial charge in [-0.2, -0.15) is 0 Å². The molecule has 92 valence electrons. The molecule has 5 heteroatoms. The third kappa shape index (κ3) is 3.41. The third-order valence-electron chi connectivity index (χ3n) is 2.62. The van der Waals surface area contributed by atoms with E-state index in [1.807, 2.05) is 0 Å². The Bertz CT molecular complexity index is 421. The molecule has 1 saturated carbocycles. The van der Waals surface area contributed by atoms with Gasteiger partial charge in [0.25, 0.3) is 5.91 Å². The standard InChI is InChI=1S/C12H14ClFN2O/c13-10-3-1-2-9(11(10)14)12(17)16-7-6-15-8-4-5-8/h1-3,8,15H,4-7H2,(H,16,17). The molecule has 1 amide bonds. The van der Waals surface area contributed by atoms with Crippen LogP contribution in [0.1, 0.15) is 23.2 Å². The van der Waals surface area contributed by atoms with Crippen LogP contribution in [0.25, 0.3) is 0 Å². The Morgan fingerprint density at radius 3 is 2.88 bits per heavy atom. The Morgan fingerprint density at radius 1 is 1.41 bits per heavy atom. The topological polar surface area (TPSA) is 41.1 Å². The van der Waals surface area contributed by atoms with Crippen molar-refractivity contribution in [1.82, 2.24) is 10.6 Å². The van der Waals surface area contributed by atoms with Crippen molar-refractivity contribution >= 4 is 17.5 Å². The second kappa shape index (κ2) is 5.47. The number of carbonyl (C=O) groups is 1. The summed E-state index contributed by atoms with van der Waals surface area (Å²) < 4.78 is 13.5. The quantitative estimate of drug-likeness (QED) is 0.791. The normalized spacial score (nSPS) is 14.7. The van der Waals surface area contributed by atoms with Crippen molar-refractivity contribution in [2.24, 2.45) is 0 Å². The molecule has 0 aromatic heterocycles. The van der Waals surface area contributed by atoms with E-state index in [1.54, 1.807) is 6.07 Å². The molecule has 1 aromatic rings. The zero-order valence-electron chi connectivity index (χ0n) is 9.30. The predicted molar refractivity (Wildman–Crippen MR) is 64.8 cm³/mol. The molecule has 0 bridgehead atoms. The number of hydrogen-bond acceptors (Lipinski definition) is 2. The Morgan fingerprint density at radius 2 is 2.18 bits per heavy atom. The average molecular weight is 257 g/mol. The van der Waals surface area contributed by atoms with E-state index in [0.717, 1.165) is 0 Å². The van der Waals surface area contributed by atoms with E-state index in [4.69, 9.17) is 11.6 Å². The average Bonchev–Trinajstić information content (AvgIpc) is 3.12. The van der Waals surface area contributed by atoms with E-state index >= 15 is 0 Å². The van der Waals surface area contributed by atoms with Crippen LogP contribution < -0.4 is 10.6 Å². The summed E-state index contributed by atoms with van der Waals surface area (Å²) in [6, 6.07) is 5.01. The van der Waals surface area contributed by atoms with E-state index in [0.29, 0.717) is 19.1 Å². The van der Waals surface area contributed by atoms with Crippen LogP contribution in [0.5, 0.6) is 0 Å². The lowest BCUT2D eigenvalue weighted by Gasteiger charge is -2.07. The molecule has 2 N–H and O–H groups in total. The van der Waals surface area contributed by atoms with Gasteiger partial charge in [-0.15, -0.1) is 0 Å². The van der Waals surface area contributed by atoms with Gasteiger partial charge >= 0.3 is 0 Å². The van der Waals surface area contributed by atoms with Gasteiger partial charge in [0.2, 0.25) is 0 Å². The molecule has 3 nitrogen and oxygen atoms in total. The minimum absolute atomic E-state index is 0.0103. The second-order valence-electron chi connectivity index (χ2n) is 4.09. The summed E-state index contributed by atoms with van der Waals surface area (Å²) in [4.78, 5) is 11.6. The van der Waals surface area contributed by atoms with Crippen molar-refractivity contribution in [2.45, 2.75) is 18.9 Å². The molecule has 0 radical (unpaired) electrons. The van der Waals surface area contributed by atoms with E-state index in [-0.39, 0.29) is 10.6 Å². The highest BCUT2D eigenvalue weighted by molar-refractivity contribution is 6.31. The Kier molecular flexibility index (Phi) is 3.97. The molecule has 1 aromatic carbocycles. The van der Waals surface area contributed by atoms with Gasteiger partial charge in [0.1, 0.15) is 0 Å². The van der Waals surface area contributed by atoms with Crippen LogP contribution >= 0.6 is 11.6 Å². The van der Waals surface area contributed by atoms with Crippen molar-refractivity contribution in [3.8, 4) is 0 Å². The molecule has 0 aliphatic heterocycles. The number of halogens is 2. The van der Waals surface area contributed by atoms with Crippen molar-refractivity contribution in [3.05, 3.63) is 34.6 Å². The first-order valence-corrected chi connectivity index (χ1v) is 6.02. The van der Waals surface area contributed by atoms with Gasteiger partial charge in [-0.3, -0.25) is 4.79 Å². The maximum Gasteiger partial charge on any atom is 0.254 e.